The molecule has 5 heteroatoms. The average molecular weight is 329 g/mol. The highest BCUT2D eigenvalue weighted by atomic mass is 15.3. The van der Waals surface area contributed by atoms with E-state index in [1.165, 1.54) is 38.0 Å². The lowest BCUT2D eigenvalue weighted by molar-refractivity contribution is 0.00505. The first-order valence-corrected chi connectivity index (χ1v) is 9.41. The normalized spacial score (nSPS) is 35.2. The molecule has 3 aliphatic rings. The van der Waals surface area contributed by atoms with Crippen molar-refractivity contribution in [3.8, 4) is 0 Å². The van der Waals surface area contributed by atoms with Gasteiger partial charge in [0, 0.05) is 43.9 Å². The van der Waals surface area contributed by atoms with E-state index in [2.05, 4.69) is 52.0 Å². The second-order valence-corrected chi connectivity index (χ2v) is 9.15. The Morgan fingerprint density at radius 3 is 2.38 bits per heavy atom. The standard InChI is InChI=1S/C19H31N5/c1-18-9-19(2,11-23(3)10-18)13-24(12-18)17-8-16(21-14-22-17)15-4-6-20-7-5-15/h8,14-15,20H,4-7,9-13H2,1-3H3. The third-order valence-electron chi connectivity index (χ3n) is 6.06. The lowest BCUT2D eigenvalue weighted by Crippen LogP contribution is -2.61. The summed E-state index contributed by atoms with van der Waals surface area (Å²) in [5.74, 6) is 1.73. The van der Waals surface area contributed by atoms with E-state index in [4.69, 9.17) is 0 Å². The van der Waals surface area contributed by atoms with Crippen LogP contribution in [-0.4, -0.2) is 61.2 Å². The number of piperidine rings is 3. The summed E-state index contributed by atoms with van der Waals surface area (Å²) in [6.07, 6.45) is 5.49. The third kappa shape index (κ3) is 3.16. The van der Waals surface area contributed by atoms with E-state index in [-0.39, 0.29) is 0 Å². The van der Waals surface area contributed by atoms with E-state index in [0.717, 1.165) is 32.0 Å². The van der Waals surface area contributed by atoms with Crippen LogP contribution in [0.2, 0.25) is 0 Å². The maximum Gasteiger partial charge on any atom is 0.132 e. The SMILES string of the molecule is CN1CC2(C)CN(c3cc(C4CCNCC4)ncn3)CC(C)(C1)C2. The van der Waals surface area contributed by atoms with Gasteiger partial charge in [-0.3, -0.25) is 0 Å². The van der Waals surface area contributed by atoms with Gasteiger partial charge in [-0.05, 0) is 50.2 Å². The van der Waals surface area contributed by atoms with Crippen LogP contribution < -0.4 is 10.2 Å². The number of nitrogens with zero attached hydrogens (tertiary/aromatic N) is 4. The van der Waals surface area contributed by atoms with E-state index < -0.39 is 0 Å². The highest BCUT2D eigenvalue weighted by Crippen LogP contribution is 2.45. The van der Waals surface area contributed by atoms with Crippen molar-refractivity contribution < 1.29 is 0 Å². The van der Waals surface area contributed by atoms with Crippen LogP contribution in [0, 0.1) is 10.8 Å². The van der Waals surface area contributed by atoms with Gasteiger partial charge in [-0.15, -0.1) is 0 Å². The number of hydrogen-bond donors (Lipinski definition) is 1. The molecule has 0 aromatic carbocycles. The average Bonchev–Trinajstić information content (AvgIpc) is 2.53. The van der Waals surface area contributed by atoms with Crippen molar-refractivity contribution in [1.29, 1.82) is 0 Å². The van der Waals surface area contributed by atoms with Crippen LogP contribution in [0.1, 0.15) is 44.7 Å². The molecule has 3 aliphatic heterocycles. The van der Waals surface area contributed by atoms with Gasteiger partial charge in [0.15, 0.2) is 0 Å². The van der Waals surface area contributed by atoms with E-state index in [1.807, 2.05) is 0 Å². The Morgan fingerprint density at radius 2 is 1.71 bits per heavy atom. The fourth-order valence-electron chi connectivity index (χ4n) is 5.73. The molecule has 0 saturated carbocycles. The van der Waals surface area contributed by atoms with Crippen molar-refractivity contribution in [3.05, 3.63) is 18.1 Å². The quantitative estimate of drug-likeness (QED) is 0.900. The maximum absolute atomic E-state index is 4.65. The highest BCUT2D eigenvalue weighted by Gasteiger charge is 2.47. The molecule has 1 aromatic rings. The molecule has 3 fully saturated rings. The van der Waals surface area contributed by atoms with Crippen LogP contribution in [0.15, 0.2) is 12.4 Å². The van der Waals surface area contributed by atoms with Gasteiger partial charge in [0.2, 0.25) is 0 Å². The molecule has 0 amide bonds. The number of rotatable bonds is 2. The summed E-state index contributed by atoms with van der Waals surface area (Å²) in [6, 6.07) is 2.27. The summed E-state index contributed by atoms with van der Waals surface area (Å²) in [7, 11) is 2.27. The fourth-order valence-corrected chi connectivity index (χ4v) is 5.73. The lowest BCUT2D eigenvalue weighted by Gasteiger charge is -2.56. The van der Waals surface area contributed by atoms with E-state index in [0.29, 0.717) is 16.7 Å². The van der Waals surface area contributed by atoms with Gasteiger partial charge in [-0.1, -0.05) is 13.8 Å². The van der Waals surface area contributed by atoms with E-state index in [1.54, 1.807) is 6.33 Å². The summed E-state index contributed by atoms with van der Waals surface area (Å²) in [4.78, 5) is 14.3. The third-order valence-corrected chi connectivity index (χ3v) is 6.06. The van der Waals surface area contributed by atoms with Crippen LogP contribution in [0.3, 0.4) is 0 Å². The number of likely N-dealkylation sites (tertiary alicyclic amines) is 1. The van der Waals surface area contributed by atoms with Crippen molar-refractivity contribution in [2.24, 2.45) is 10.8 Å². The molecule has 5 nitrogen and oxygen atoms in total. The van der Waals surface area contributed by atoms with Crippen LogP contribution in [0.25, 0.3) is 0 Å². The molecular formula is C19H31N5. The van der Waals surface area contributed by atoms with Gasteiger partial charge in [0.05, 0.1) is 0 Å². The Hall–Kier alpha value is -1.20. The topological polar surface area (TPSA) is 44.3 Å². The van der Waals surface area contributed by atoms with Gasteiger partial charge < -0.3 is 15.1 Å². The van der Waals surface area contributed by atoms with Crippen molar-refractivity contribution in [3.63, 3.8) is 0 Å². The number of nitrogens with one attached hydrogen (secondary N) is 1. The summed E-state index contributed by atoms with van der Waals surface area (Å²) in [5.41, 5.74) is 1.96. The fraction of sp³-hybridized carbons (Fsp3) is 0.789. The predicted molar refractivity (Wildman–Crippen MR) is 97.4 cm³/mol. The minimum atomic E-state index is 0.361. The van der Waals surface area contributed by atoms with Crippen molar-refractivity contribution in [1.82, 2.24) is 20.2 Å². The molecule has 3 saturated heterocycles. The molecule has 1 aromatic heterocycles. The van der Waals surface area contributed by atoms with Crippen LogP contribution in [-0.2, 0) is 0 Å². The number of fused-ring (bicyclic) bond motifs is 2. The monoisotopic (exact) mass is 329 g/mol. The number of anilines is 1. The molecule has 1 N–H and O–H groups in total. The number of aromatic nitrogens is 2. The van der Waals surface area contributed by atoms with Crippen LogP contribution >= 0.6 is 0 Å². The van der Waals surface area contributed by atoms with Crippen LogP contribution in [0.5, 0.6) is 0 Å². The molecule has 4 rings (SSSR count). The minimum Gasteiger partial charge on any atom is -0.355 e. The molecule has 0 radical (unpaired) electrons. The highest BCUT2D eigenvalue weighted by molar-refractivity contribution is 5.42. The van der Waals surface area contributed by atoms with E-state index >= 15 is 0 Å². The maximum atomic E-state index is 4.65. The second kappa shape index (κ2) is 5.95. The van der Waals surface area contributed by atoms with Gasteiger partial charge in [0.25, 0.3) is 0 Å². The molecular weight excluding hydrogens is 298 g/mol. The molecule has 132 valence electrons. The zero-order chi connectivity index (χ0) is 16.8. The largest absolute Gasteiger partial charge is 0.355 e. The Labute approximate surface area is 145 Å². The van der Waals surface area contributed by atoms with E-state index in [9.17, 15) is 0 Å². The molecule has 2 unspecified atom stereocenters. The van der Waals surface area contributed by atoms with Crippen molar-refractivity contribution in [2.75, 3.05) is 51.2 Å². The molecule has 0 spiro atoms. The van der Waals surface area contributed by atoms with Gasteiger partial charge in [-0.25, -0.2) is 9.97 Å². The molecule has 0 aliphatic carbocycles. The Kier molecular flexibility index (Phi) is 4.04. The van der Waals surface area contributed by atoms with Crippen LogP contribution in [0.4, 0.5) is 5.82 Å². The summed E-state index contributed by atoms with van der Waals surface area (Å²) >= 11 is 0. The van der Waals surface area contributed by atoms with Gasteiger partial charge in [0.1, 0.15) is 12.1 Å². The van der Waals surface area contributed by atoms with Crippen molar-refractivity contribution >= 4 is 5.82 Å². The lowest BCUT2D eigenvalue weighted by atomic mass is 9.65. The van der Waals surface area contributed by atoms with Gasteiger partial charge >= 0.3 is 0 Å². The van der Waals surface area contributed by atoms with Gasteiger partial charge in [-0.2, -0.15) is 0 Å². The smallest absolute Gasteiger partial charge is 0.132 e. The summed E-state index contributed by atoms with van der Waals surface area (Å²) in [6.45, 7) is 11.7. The Morgan fingerprint density at radius 1 is 1.04 bits per heavy atom. The first-order chi connectivity index (χ1) is 11.4. The number of hydrogen-bond acceptors (Lipinski definition) is 5. The Bertz CT molecular complexity index is 579. The first kappa shape index (κ1) is 16.3. The molecule has 24 heavy (non-hydrogen) atoms. The minimum absolute atomic E-state index is 0.361. The summed E-state index contributed by atoms with van der Waals surface area (Å²) in [5, 5.41) is 3.44. The molecule has 2 atom stereocenters. The first-order valence-electron chi connectivity index (χ1n) is 9.41. The predicted octanol–water partition coefficient (Wildman–Crippen LogP) is 2.11. The molecule has 2 bridgehead atoms. The summed E-state index contributed by atoms with van der Waals surface area (Å²) < 4.78 is 0. The zero-order valence-corrected chi connectivity index (χ0v) is 15.4. The Balaban J connectivity index is 1.58. The van der Waals surface area contributed by atoms with Crippen molar-refractivity contribution in [2.45, 2.75) is 39.0 Å². The zero-order valence-electron chi connectivity index (χ0n) is 15.4. The second-order valence-electron chi connectivity index (χ2n) is 9.15. The molecule has 4 heterocycles.